The zero-order valence-corrected chi connectivity index (χ0v) is 14.7. The van der Waals surface area contributed by atoms with Crippen molar-refractivity contribution in [2.75, 3.05) is 7.11 Å². The van der Waals surface area contributed by atoms with Gasteiger partial charge in [-0.3, -0.25) is 4.98 Å². The summed E-state index contributed by atoms with van der Waals surface area (Å²) in [5, 5.41) is 1.17. The van der Waals surface area contributed by atoms with E-state index in [1.807, 2.05) is 30.5 Å². The van der Waals surface area contributed by atoms with E-state index in [1.165, 1.54) is 24.1 Å². The quantitative estimate of drug-likeness (QED) is 0.507. The Hall–Kier alpha value is -3.14. The standard InChI is InChI=1S/C22H19FN2O/c1-15-19-7-3-4-8-21(19)25(22(15)16-6-5-11-24-13-16)14-17-9-10-18(26-2)12-20(17)23/h3-13H,14H2,1-2H3. The van der Waals surface area contributed by atoms with Crippen LogP contribution < -0.4 is 4.74 Å². The molecule has 0 spiro atoms. The molecule has 2 aromatic carbocycles. The fourth-order valence-corrected chi connectivity index (χ4v) is 3.47. The van der Waals surface area contributed by atoms with Crippen molar-refractivity contribution in [2.24, 2.45) is 0 Å². The number of ether oxygens (including phenoxy) is 1. The Balaban J connectivity index is 1.91. The first-order valence-corrected chi connectivity index (χ1v) is 8.49. The van der Waals surface area contributed by atoms with E-state index in [1.54, 1.807) is 18.3 Å². The molecular formula is C22H19FN2O. The molecule has 0 N–H and O–H groups in total. The largest absolute Gasteiger partial charge is 0.497 e. The van der Waals surface area contributed by atoms with E-state index in [0.717, 1.165) is 16.8 Å². The number of nitrogens with zero attached hydrogens (tertiary/aromatic N) is 2. The maximum absolute atomic E-state index is 14.6. The van der Waals surface area contributed by atoms with Crippen LogP contribution >= 0.6 is 0 Å². The SMILES string of the molecule is COc1ccc(Cn2c(-c3cccnc3)c(C)c3ccccc32)c(F)c1. The Morgan fingerprint density at radius 3 is 2.65 bits per heavy atom. The van der Waals surface area contributed by atoms with Gasteiger partial charge in [-0.15, -0.1) is 0 Å². The minimum absolute atomic E-state index is 0.267. The third-order valence-corrected chi connectivity index (χ3v) is 4.75. The zero-order valence-electron chi connectivity index (χ0n) is 14.7. The first kappa shape index (κ1) is 16.3. The van der Waals surface area contributed by atoms with Gasteiger partial charge in [-0.05, 0) is 36.8 Å². The minimum Gasteiger partial charge on any atom is -0.497 e. The van der Waals surface area contributed by atoms with Gasteiger partial charge in [0.2, 0.25) is 0 Å². The lowest BCUT2D eigenvalue weighted by molar-refractivity contribution is 0.410. The number of methoxy groups -OCH3 is 1. The molecule has 2 aromatic heterocycles. The third-order valence-electron chi connectivity index (χ3n) is 4.75. The fraction of sp³-hybridized carbons (Fsp3) is 0.136. The van der Waals surface area contributed by atoms with Gasteiger partial charge in [0, 0.05) is 40.5 Å². The average molecular weight is 346 g/mol. The van der Waals surface area contributed by atoms with Gasteiger partial charge in [-0.2, -0.15) is 0 Å². The van der Waals surface area contributed by atoms with Gasteiger partial charge in [0.15, 0.2) is 0 Å². The molecule has 0 fully saturated rings. The van der Waals surface area contributed by atoms with Crippen LogP contribution in [0.1, 0.15) is 11.1 Å². The van der Waals surface area contributed by atoms with Gasteiger partial charge in [-0.1, -0.05) is 24.3 Å². The number of para-hydroxylation sites is 1. The molecule has 0 aliphatic heterocycles. The molecule has 0 bridgehead atoms. The van der Waals surface area contributed by atoms with Crippen molar-refractivity contribution in [3.63, 3.8) is 0 Å². The van der Waals surface area contributed by atoms with Crippen LogP contribution in [0.15, 0.2) is 67.0 Å². The highest BCUT2D eigenvalue weighted by Gasteiger charge is 2.17. The van der Waals surface area contributed by atoms with E-state index >= 15 is 0 Å². The predicted molar refractivity (Wildman–Crippen MR) is 102 cm³/mol. The van der Waals surface area contributed by atoms with Crippen molar-refractivity contribution in [1.82, 2.24) is 9.55 Å². The summed E-state index contributed by atoms with van der Waals surface area (Å²) in [6.45, 7) is 2.54. The third kappa shape index (κ3) is 2.73. The van der Waals surface area contributed by atoms with E-state index in [2.05, 4.69) is 28.6 Å². The maximum Gasteiger partial charge on any atom is 0.131 e. The van der Waals surface area contributed by atoms with Gasteiger partial charge in [0.05, 0.1) is 19.3 Å². The molecule has 0 aliphatic rings. The summed E-state index contributed by atoms with van der Waals surface area (Å²) < 4.78 is 21.8. The number of hydrogen-bond donors (Lipinski definition) is 0. The monoisotopic (exact) mass is 346 g/mol. The normalized spacial score (nSPS) is 11.0. The van der Waals surface area contributed by atoms with Crippen molar-refractivity contribution in [1.29, 1.82) is 0 Å². The number of rotatable bonds is 4. The average Bonchev–Trinajstić information content (AvgIpc) is 2.96. The van der Waals surface area contributed by atoms with Crippen molar-refractivity contribution >= 4 is 10.9 Å². The molecule has 4 rings (SSSR count). The second-order valence-electron chi connectivity index (χ2n) is 6.28. The van der Waals surface area contributed by atoms with E-state index in [0.29, 0.717) is 17.9 Å². The first-order valence-electron chi connectivity index (χ1n) is 8.49. The number of fused-ring (bicyclic) bond motifs is 1. The zero-order chi connectivity index (χ0) is 18.1. The van der Waals surface area contributed by atoms with Crippen molar-refractivity contribution in [2.45, 2.75) is 13.5 Å². The van der Waals surface area contributed by atoms with Crippen LogP contribution in [0.3, 0.4) is 0 Å². The van der Waals surface area contributed by atoms with Crippen LogP contribution in [0.5, 0.6) is 5.75 Å². The molecule has 26 heavy (non-hydrogen) atoms. The smallest absolute Gasteiger partial charge is 0.131 e. The number of pyridine rings is 1. The van der Waals surface area contributed by atoms with Crippen molar-refractivity contribution in [3.8, 4) is 17.0 Å². The maximum atomic E-state index is 14.6. The molecule has 4 heteroatoms. The molecule has 0 amide bonds. The Labute approximate surface area is 151 Å². The molecule has 0 saturated carbocycles. The second kappa shape index (κ2) is 6.64. The van der Waals surface area contributed by atoms with E-state index < -0.39 is 0 Å². The molecule has 0 aliphatic carbocycles. The van der Waals surface area contributed by atoms with Crippen molar-refractivity contribution < 1.29 is 9.13 Å². The highest BCUT2D eigenvalue weighted by molar-refractivity contribution is 5.91. The lowest BCUT2D eigenvalue weighted by Gasteiger charge is -2.13. The molecular weight excluding hydrogens is 327 g/mol. The van der Waals surface area contributed by atoms with Crippen LogP contribution in [0.2, 0.25) is 0 Å². The lowest BCUT2D eigenvalue weighted by Crippen LogP contribution is -2.04. The number of hydrogen-bond acceptors (Lipinski definition) is 2. The summed E-state index contributed by atoms with van der Waals surface area (Å²) in [5.41, 5.74) is 4.96. The Morgan fingerprint density at radius 1 is 1.08 bits per heavy atom. The summed E-state index contributed by atoms with van der Waals surface area (Å²) in [6.07, 6.45) is 3.61. The van der Waals surface area contributed by atoms with Crippen LogP contribution in [0.25, 0.3) is 22.2 Å². The summed E-state index contributed by atoms with van der Waals surface area (Å²) in [4.78, 5) is 4.26. The number of halogens is 1. The van der Waals surface area contributed by atoms with Gasteiger partial charge < -0.3 is 9.30 Å². The lowest BCUT2D eigenvalue weighted by atomic mass is 10.1. The highest BCUT2D eigenvalue weighted by Crippen LogP contribution is 2.34. The van der Waals surface area contributed by atoms with Gasteiger partial charge in [0.1, 0.15) is 11.6 Å². The topological polar surface area (TPSA) is 27.1 Å². The van der Waals surface area contributed by atoms with Crippen LogP contribution in [0, 0.1) is 12.7 Å². The summed E-state index contributed by atoms with van der Waals surface area (Å²) in [5.74, 6) is 0.254. The number of aryl methyl sites for hydroxylation is 1. The predicted octanol–water partition coefficient (Wildman–Crippen LogP) is 5.21. The molecule has 3 nitrogen and oxygen atoms in total. The van der Waals surface area contributed by atoms with Gasteiger partial charge in [0.25, 0.3) is 0 Å². The number of benzene rings is 2. The molecule has 130 valence electrons. The first-order chi connectivity index (χ1) is 12.7. The van der Waals surface area contributed by atoms with E-state index in [4.69, 9.17) is 4.74 Å². The Morgan fingerprint density at radius 2 is 1.92 bits per heavy atom. The van der Waals surface area contributed by atoms with Crippen LogP contribution in [0.4, 0.5) is 4.39 Å². The summed E-state index contributed by atoms with van der Waals surface area (Å²) >= 11 is 0. The van der Waals surface area contributed by atoms with Gasteiger partial charge >= 0.3 is 0 Å². The highest BCUT2D eigenvalue weighted by atomic mass is 19.1. The van der Waals surface area contributed by atoms with Gasteiger partial charge in [-0.25, -0.2) is 4.39 Å². The molecule has 0 saturated heterocycles. The molecule has 0 atom stereocenters. The van der Waals surface area contributed by atoms with Crippen LogP contribution in [-0.4, -0.2) is 16.7 Å². The molecule has 2 heterocycles. The Kier molecular flexibility index (Phi) is 4.17. The van der Waals surface area contributed by atoms with Crippen LogP contribution in [-0.2, 0) is 6.54 Å². The summed E-state index contributed by atoms with van der Waals surface area (Å²) in [7, 11) is 1.54. The number of aromatic nitrogens is 2. The molecule has 4 aromatic rings. The fourth-order valence-electron chi connectivity index (χ4n) is 3.47. The van der Waals surface area contributed by atoms with E-state index in [9.17, 15) is 4.39 Å². The van der Waals surface area contributed by atoms with E-state index in [-0.39, 0.29) is 5.82 Å². The molecule has 0 radical (unpaired) electrons. The Bertz CT molecular complexity index is 1070. The second-order valence-corrected chi connectivity index (χ2v) is 6.28. The summed E-state index contributed by atoms with van der Waals surface area (Å²) in [6, 6.07) is 17.2. The van der Waals surface area contributed by atoms with Crippen molar-refractivity contribution in [3.05, 3.63) is 83.9 Å². The minimum atomic E-state index is -0.267. The molecule has 0 unspecified atom stereocenters.